The van der Waals surface area contributed by atoms with E-state index in [-0.39, 0.29) is 0 Å². The first-order chi connectivity index (χ1) is 7.10. The van der Waals surface area contributed by atoms with Gasteiger partial charge in [-0.1, -0.05) is 20.8 Å². The monoisotopic (exact) mass is 212 g/mol. The molecule has 1 heterocycles. The number of likely N-dealkylation sites (N-methyl/N-ethyl adjacent to an activating group) is 1. The summed E-state index contributed by atoms with van der Waals surface area (Å²) in [6.45, 7) is 12.0. The normalized spacial score (nSPS) is 32.6. The Morgan fingerprint density at radius 1 is 1.33 bits per heavy atom. The van der Waals surface area contributed by atoms with Crippen LogP contribution in [0, 0.1) is 11.8 Å². The first-order valence-corrected chi connectivity index (χ1v) is 6.51. The van der Waals surface area contributed by atoms with Crippen LogP contribution in [0.1, 0.15) is 40.5 Å². The van der Waals surface area contributed by atoms with Gasteiger partial charge in [0.25, 0.3) is 0 Å². The molecule has 0 aromatic carbocycles. The predicted octanol–water partition coefficient (Wildman–Crippen LogP) is 2.35. The number of rotatable bonds is 4. The summed E-state index contributed by atoms with van der Waals surface area (Å²) >= 11 is 0. The lowest BCUT2D eigenvalue weighted by Gasteiger charge is -2.41. The van der Waals surface area contributed by atoms with E-state index >= 15 is 0 Å². The topological polar surface area (TPSA) is 15.3 Å². The summed E-state index contributed by atoms with van der Waals surface area (Å²) in [4.78, 5) is 2.66. The predicted molar refractivity (Wildman–Crippen MR) is 67.1 cm³/mol. The maximum atomic E-state index is 3.43. The van der Waals surface area contributed by atoms with E-state index in [2.05, 4.69) is 45.0 Å². The molecule has 0 aromatic heterocycles. The second-order valence-corrected chi connectivity index (χ2v) is 5.28. The first-order valence-electron chi connectivity index (χ1n) is 6.51. The molecule has 0 bridgehead atoms. The third-order valence-electron chi connectivity index (χ3n) is 4.33. The molecule has 1 saturated heterocycles. The summed E-state index contributed by atoms with van der Waals surface area (Å²) < 4.78 is 0. The van der Waals surface area contributed by atoms with Gasteiger partial charge in [0.15, 0.2) is 0 Å². The minimum Gasteiger partial charge on any atom is -0.315 e. The van der Waals surface area contributed by atoms with Gasteiger partial charge in [0.1, 0.15) is 0 Å². The van der Waals surface area contributed by atoms with E-state index in [1.54, 1.807) is 0 Å². The van der Waals surface area contributed by atoms with Crippen molar-refractivity contribution >= 4 is 0 Å². The van der Waals surface area contributed by atoms with Crippen molar-refractivity contribution in [1.29, 1.82) is 0 Å². The van der Waals surface area contributed by atoms with Crippen molar-refractivity contribution in [2.45, 2.75) is 52.6 Å². The SMILES string of the molecule is CCC(NC)C(C)N1CCC(C)C(C)C1. The van der Waals surface area contributed by atoms with E-state index < -0.39 is 0 Å². The van der Waals surface area contributed by atoms with Crippen LogP contribution < -0.4 is 5.32 Å². The molecule has 0 aliphatic carbocycles. The van der Waals surface area contributed by atoms with E-state index in [1.807, 2.05) is 0 Å². The standard InChI is InChI=1S/C13H28N2/c1-6-13(14-5)12(4)15-8-7-10(2)11(3)9-15/h10-14H,6-9H2,1-5H3. The minimum absolute atomic E-state index is 0.644. The Balaban J connectivity index is 2.49. The molecule has 0 aromatic rings. The highest BCUT2D eigenvalue weighted by Crippen LogP contribution is 2.24. The van der Waals surface area contributed by atoms with E-state index in [1.165, 1.54) is 25.9 Å². The molecule has 1 N–H and O–H groups in total. The van der Waals surface area contributed by atoms with Gasteiger partial charge in [0.05, 0.1) is 0 Å². The van der Waals surface area contributed by atoms with Gasteiger partial charge in [-0.15, -0.1) is 0 Å². The number of nitrogens with zero attached hydrogens (tertiary/aromatic N) is 1. The maximum Gasteiger partial charge on any atom is 0.0220 e. The fourth-order valence-corrected chi connectivity index (χ4v) is 2.71. The Kier molecular flexibility index (Phi) is 5.07. The van der Waals surface area contributed by atoms with Crippen molar-refractivity contribution < 1.29 is 0 Å². The van der Waals surface area contributed by atoms with Crippen molar-refractivity contribution in [1.82, 2.24) is 10.2 Å². The van der Waals surface area contributed by atoms with Gasteiger partial charge in [0, 0.05) is 18.6 Å². The van der Waals surface area contributed by atoms with Crippen molar-refractivity contribution in [3.63, 3.8) is 0 Å². The van der Waals surface area contributed by atoms with Crippen molar-refractivity contribution in [3.05, 3.63) is 0 Å². The van der Waals surface area contributed by atoms with Crippen LogP contribution in [-0.4, -0.2) is 37.1 Å². The van der Waals surface area contributed by atoms with Crippen molar-refractivity contribution in [3.8, 4) is 0 Å². The van der Waals surface area contributed by atoms with Crippen LogP contribution in [0.2, 0.25) is 0 Å². The Labute approximate surface area is 95.4 Å². The van der Waals surface area contributed by atoms with Crippen LogP contribution >= 0.6 is 0 Å². The Bertz CT molecular complexity index is 177. The molecule has 15 heavy (non-hydrogen) atoms. The van der Waals surface area contributed by atoms with E-state index in [0.29, 0.717) is 12.1 Å². The van der Waals surface area contributed by atoms with E-state index in [4.69, 9.17) is 0 Å². The third kappa shape index (κ3) is 3.18. The van der Waals surface area contributed by atoms with Gasteiger partial charge >= 0.3 is 0 Å². The van der Waals surface area contributed by atoms with Gasteiger partial charge < -0.3 is 5.32 Å². The smallest absolute Gasteiger partial charge is 0.0220 e. The van der Waals surface area contributed by atoms with Gasteiger partial charge in [-0.3, -0.25) is 4.90 Å². The zero-order valence-corrected chi connectivity index (χ0v) is 11.1. The fourth-order valence-electron chi connectivity index (χ4n) is 2.71. The molecule has 1 rings (SSSR count). The van der Waals surface area contributed by atoms with Crippen LogP contribution in [0.15, 0.2) is 0 Å². The molecule has 1 aliphatic rings. The van der Waals surface area contributed by atoms with Crippen LogP contribution in [0.25, 0.3) is 0 Å². The summed E-state index contributed by atoms with van der Waals surface area (Å²) in [7, 11) is 2.08. The molecule has 0 spiro atoms. The average molecular weight is 212 g/mol. The molecule has 0 amide bonds. The molecular formula is C13H28N2. The fraction of sp³-hybridized carbons (Fsp3) is 1.00. The largest absolute Gasteiger partial charge is 0.315 e. The highest BCUT2D eigenvalue weighted by molar-refractivity contribution is 4.84. The molecule has 0 saturated carbocycles. The quantitative estimate of drug-likeness (QED) is 0.769. The number of nitrogens with one attached hydrogen (secondary N) is 1. The summed E-state index contributed by atoms with van der Waals surface area (Å²) in [5.74, 6) is 1.76. The number of piperidine rings is 1. The van der Waals surface area contributed by atoms with Crippen LogP contribution in [0.3, 0.4) is 0 Å². The molecule has 4 unspecified atom stereocenters. The van der Waals surface area contributed by atoms with Crippen LogP contribution in [0.4, 0.5) is 0 Å². The number of hydrogen-bond acceptors (Lipinski definition) is 2. The first kappa shape index (κ1) is 13.0. The lowest BCUT2D eigenvalue weighted by atomic mass is 9.87. The number of hydrogen-bond donors (Lipinski definition) is 1. The Morgan fingerprint density at radius 3 is 2.47 bits per heavy atom. The third-order valence-corrected chi connectivity index (χ3v) is 4.33. The molecule has 90 valence electrons. The highest BCUT2D eigenvalue weighted by Gasteiger charge is 2.28. The molecular weight excluding hydrogens is 184 g/mol. The van der Waals surface area contributed by atoms with E-state index in [0.717, 1.165) is 11.8 Å². The highest BCUT2D eigenvalue weighted by atomic mass is 15.2. The summed E-state index contributed by atoms with van der Waals surface area (Å²) in [6, 6.07) is 1.32. The summed E-state index contributed by atoms with van der Waals surface area (Å²) in [5, 5.41) is 3.43. The minimum atomic E-state index is 0.644. The van der Waals surface area contributed by atoms with Gasteiger partial charge in [-0.05, 0) is 45.2 Å². The molecule has 4 atom stereocenters. The van der Waals surface area contributed by atoms with E-state index in [9.17, 15) is 0 Å². The molecule has 2 nitrogen and oxygen atoms in total. The molecule has 0 radical (unpaired) electrons. The number of likely N-dealkylation sites (tertiary alicyclic amines) is 1. The lowest BCUT2D eigenvalue weighted by Crippen LogP contribution is -2.51. The Hall–Kier alpha value is -0.0800. The zero-order chi connectivity index (χ0) is 11.4. The molecule has 1 aliphatic heterocycles. The van der Waals surface area contributed by atoms with Crippen LogP contribution in [-0.2, 0) is 0 Å². The van der Waals surface area contributed by atoms with Crippen LogP contribution in [0.5, 0.6) is 0 Å². The molecule has 1 fully saturated rings. The second-order valence-electron chi connectivity index (χ2n) is 5.28. The molecule has 2 heteroatoms. The summed E-state index contributed by atoms with van der Waals surface area (Å²) in [5.41, 5.74) is 0. The Morgan fingerprint density at radius 2 is 2.00 bits per heavy atom. The van der Waals surface area contributed by atoms with Gasteiger partial charge in [0.2, 0.25) is 0 Å². The second kappa shape index (κ2) is 5.86. The zero-order valence-electron chi connectivity index (χ0n) is 11.1. The maximum absolute atomic E-state index is 3.43. The summed E-state index contributed by atoms with van der Waals surface area (Å²) in [6.07, 6.45) is 2.59. The van der Waals surface area contributed by atoms with Gasteiger partial charge in [-0.25, -0.2) is 0 Å². The van der Waals surface area contributed by atoms with Crippen molar-refractivity contribution in [2.75, 3.05) is 20.1 Å². The lowest BCUT2D eigenvalue weighted by molar-refractivity contribution is 0.0846. The average Bonchev–Trinajstić information content (AvgIpc) is 2.23. The van der Waals surface area contributed by atoms with Gasteiger partial charge in [-0.2, -0.15) is 0 Å². The van der Waals surface area contributed by atoms with Crippen molar-refractivity contribution in [2.24, 2.45) is 11.8 Å².